The van der Waals surface area contributed by atoms with Crippen LogP contribution in [0.25, 0.3) is 0 Å². The van der Waals surface area contributed by atoms with Crippen molar-refractivity contribution in [2.24, 2.45) is 0 Å². The van der Waals surface area contributed by atoms with Gasteiger partial charge in [0.05, 0.1) is 5.38 Å². The summed E-state index contributed by atoms with van der Waals surface area (Å²) in [5.74, 6) is -0.223. The number of halogens is 2. The highest BCUT2D eigenvalue weighted by atomic mass is 35.5. The van der Waals surface area contributed by atoms with Gasteiger partial charge in [-0.25, -0.2) is 4.39 Å². The molecule has 0 aliphatic heterocycles. The number of nitrogens with zero attached hydrogens (tertiary/aromatic N) is 1. The molecule has 1 unspecified atom stereocenters. The van der Waals surface area contributed by atoms with Crippen LogP contribution in [-0.2, 0) is 6.42 Å². The highest BCUT2D eigenvalue weighted by Crippen LogP contribution is 2.24. The van der Waals surface area contributed by atoms with Crippen LogP contribution in [0.5, 0.6) is 0 Å². The van der Waals surface area contributed by atoms with Gasteiger partial charge in [-0.2, -0.15) is 0 Å². The Morgan fingerprint density at radius 3 is 2.31 bits per heavy atom. The summed E-state index contributed by atoms with van der Waals surface area (Å²) < 4.78 is 12.7. The summed E-state index contributed by atoms with van der Waals surface area (Å²) in [7, 11) is 0. The van der Waals surface area contributed by atoms with E-state index in [1.807, 2.05) is 12.1 Å². The maximum Gasteiger partial charge on any atom is 0.123 e. The van der Waals surface area contributed by atoms with Gasteiger partial charge >= 0.3 is 0 Å². The van der Waals surface area contributed by atoms with E-state index < -0.39 is 0 Å². The average molecular weight is 236 g/mol. The van der Waals surface area contributed by atoms with E-state index in [0.717, 1.165) is 11.1 Å². The smallest absolute Gasteiger partial charge is 0.123 e. The van der Waals surface area contributed by atoms with Gasteiger partial charge in [-0.1, -0.05) is 12.1 Å². The number of pyridine rings is 1. The molecular formula is C13H11ClFN. The van der Waals surface area contributed by atoms with Crippen molar-refractivity contribution in [3.8, 4) is 0 Å². The van der Waals surface area contributed by atoms with E-state index >= 15 is 0 Å². The largest absolute Gasteiger partial charge is 0.265 e. The second-order valence-corrected chi connectivity index (χ2v) is 4.11. The third kappa shape index (κ3) is 2.80. The summed E-state index contributed by atoms with van der Waals surface area (Å²) in [6.45, 7) is 0. The van der Waals surface area contributed by atoms with Crippen molar-refractivity contribution < 1.29 is 4.39 Å². The first kappa shape index (κ1) is 11.1. The van der Waals surface area contributed by atoms with Crippen LogP contribution in [0.15, 0.2) is 48.8 Å². The summed E-state index contributed by atoms with van der Waals surface area (Å²) in [5.41, 5.74) is 2.05. The van der Waals surface area contributed by atoms with Crippen molar-refractivity contribution in [3.63, 3.8) is 0 Å². The molecule has 1 aromatic carbocycles. The van der Waals surface area contributed by atoms with E-state index in [1.165, 1.54) is 12.1 Å². The van der Waals surface area contributed by atoms with Crippen LogP contribution in [0.2, 0.25) is 0 Å². The molecule has 1 aromatic heterocycles. The molecule has 1 heterocycles. The van der Waals surface area contributed by atoms with Gasteiger partial charge in [0.25, 0.3) is 0 Å². The molecule has 0 saturated heterocycles. The zero-order chi connectivity index (χ0) is 11.4. The van der Waals surface area contributed by atoms with Gasteiger partial charge in [0, 0.05) is 12.4 Å². The molecule has 0 saturated carbocycles. The van der Waals surface area contributed by atoms with E-state index in [4.69, 9.17) is 11.6 Å². The second-order valence-electron chi connectivity index (χ2n) is 3.58. The Bertz CT molecular complexity index is 441. The minimum Gasteiger partial charge on any atom is -0.265 e. The Hall–Kier alpha value is -1.41. The molecule has 3 heteroatoms. The lowest BCUT2D eigenvalue weighted by molar-refractivity contribution is 0.627. The van der Waals surface area contributed by atoms with Gasteiger partial charge in [-0.3, -0.25) is 4.98 Å². The van der Waals surface area contributed by atoms with Crippen molar-refractivity contribution in [2.45, 2.75) is 11.8 Å². The van der Waals surface area contributed by atoms with E-state index in [9.17, 15) is 4.39 Å². The maximum absolute atomic E-state index is 12.7. The van der Waals surface area contributed by atoms with Gasteiger partial charge < -0.3 is 0 Å². The lowest BCUT2D eigenvalue weighted by atomic mass is 10.1. The molecular weight excluding hydrogens is 225 g/mol. The van der Waals surface area contributed by atoms with Crippen LogP contribution in [0, 0.1) is 5.82 Å². The molecule has 1 atom stereocenters. The molecule has 1 nitrogen and oxygen atoms in total. The highest BCUT2D eigenvalue weighted by molar-refractivity contribution is 6.20. The van der Waals surface area contributed by atoms with E-state index in [2.05, 4.69) is 4.98 Å². The summed E-state index contributed by atoms with van der Waals surface area (Å²) in [4.78, 5) is 3.94. The summed E-state index contributed by atoms with van der Waals surface area (Å²) in [6.07, 6.45) is 4.12. The Morgan fingerprint density at radius 1 is 1.06 bits per heavy atom. The van der Waals surface area contributed by atoms with Crippen LogP contribution in [0.3, 0.4) is 0 Å². The molecule has 2 aromatic rings. The number of alkyl halides is 1. The zero-order valence-electron chi connectivity index (χ0n) is 8.61. The number of aromatic nitrogens is 1. The van der Waals surface area contributed by atoms with Crippen LogP contribution < -0.4 is 0 Å². The molecule has 16 heavy (non-hydrogen) atoms. The van der Waals surface area contributed by atoms with Crippen LogP contribution in [-0.4, -0.2) is 4.98 Å². The number of rotatable bonds is 3. The van der Waals surface area contributed by atoms with Crippen LogP contribution in [0.4, 0.5) is 4.39 Å². The highest BCUT2D eigenvalue weighted by Gasteiger charge is 2.08. The molecule has 82 valence electrons. The minimum atomic E-state index is -0.223. The fourth-order valence-electron chi connectivity index (χ4n) is 1.52. The van der Waals surface area contributed by atoms with Crippen LogP contribution >= 0.6 is 11.6 Å². The Kier molecular flexibility index (Phi) is 3.52. The third-order valence-corrected chi connectivity index (χ3v) is 2.80. The zero-order valence-corrected chi connectivity index (χ0v) is 9.36. The first-order chi connectivity index (χ1) is 7.75. The monoisotopic (exact) mass is 235 g/mol. The first-order valence-electron chi connectivity index (χ1n) is 5.04. The van der Waals surface area contributed by atoms with E-state index in [-0.39, 0.29) is 11.2 Å². The molecule has 0 bridgehead atoms. The van der Waals surface area contributed by atoms with Gasteiger partial charge in [0.2, 0.25) is 0 Å². The molecule has 0 amide bonds. The average Bonchev–Trinajstić information content (AvgIpc) is 2.33. The summed E-state index contributed by atoms with van der Waals surface area (Å²) in [5, 5.41) is -0.103. The lowest BCUT2D eigenvalue weighted by Crippen LogP contribution is -1.96. The molecule has 0 aliphatic carbocycles. The van der Waals surface area contributed by atoms with Gasteiger partial charge in [-0.15, -0.1) is 11.6 Å². The third-order valence-electron chi connectivity index (χ3n) is 2.40. The molecule has 2 rings (SSSR count). The minimum absolute atomic E-state index is 0.103. The van der Waals surface area contributed by atoms with Gasteiger partial charge in [-0.05, 0) is 41.8 Å². The summed E-state index contributed by atoms with van der Waals surface area (Å²) in [6, 6.07) is 10.2. The Labute approximate surface area is 98.9 Å². The van der Waals surface area contributed by atoms with E-state index in [1.54, 1.807) is 24.5 Å². The predicted octanol–water partition coefficient (Wildman–Crippen LogP) is 3.74. The SMILES string of the molecule is Fc1ccc(CC(Cl)c2ccncc2)cc1. The standard InChI is InChI=1S/C13H11ClFN/c14-13(11-5-7-16-8-6-11)9-10-1-3-12(15)4-2-10/h1-8,13H,9H2. The molecule has 0 N–H and O–H groups in total. The number of hydrogen-bond acceptors (Lipinski definition) is 1. The fourth-order valence-corrected chi connectivity index (χ4v) is 1.84. The predicted molar refractivity (Wildman–Crippen MR) is 62.9 cm³/mol. The summed E-state index contributed by atoms with van der Waals surface area (Å²) >= 11 is 6.26. The quantitative estimate of drug-likeness (QED) is 0.739. The molecule has 0 spiro atoms. The first-order valence-corrected chi connectivity index (χ1v) is 5.48. The number of hydrogen-bond donors (Lipinski definition) is 0. The van der Waals surface area contributed by atoms with Crippen molar-refractivity contribution in [1.82, 2.24) is 4.98 Å². The lowest BCUT2D eigenvalue weighted by Gasteiger charge is -2.09. The van der Waals surface area contributed by atoms with Gasteiger partial charge in [0.1, 0.15) is 5.82 Å². The molecule has 0 fully saturated rings. The van der Waals surface area contributed by atoms with Crippen molar-refractivity contribution in [3.05, 3.63) is 65.7 Å². The fraction of sp³-hybridized carbons (Fsp3) is 0.154. The molecule has 0 aliphatic rings. The van der Waals surface area contributed by atoms with Gasteiger partial charge in [0.15, 0.2) is 0 Å². The maximum atomic E-state index is 12.7. The number of benzene rings is 1. The van der Waals surface area contributed by atoms with Crippen LogP contribution in [0.1, 0.15) is 16.5 Å². The van der Waals surface area contributed by atoms with Crippen molar-refractivity contribution in [1.29, 1.82) is 0 Å². The van der Waals surface area contributed by atoms with Crippen molar-refractivity contribution >= 4 is 11.6 Å². The van der Waals surface area contributed by atoms with Crippen molar-refractivity contribution in [2.75, 3.05) is 0 Å². The normalized spacial score (nSPS) is 12.4. The van der Waals surface area contributed by atoms with E-state index in [0.29, 0.717) is 6.42 Å². The Morgan fingerprint density at radius 2 is 1.69 bits per heavy atom. The second kappa shape index (κ2) is 5.08. The Balaban J connectivity index is 2.08. The topological polar surface area (TPSA) is 12.9 Å². The molecule has 0 radical (unpaired) electrons.